The summed E-state index contributed by atoms with van der Waals surface area (Å²) in [6, 6.07) is 10.5. The van der Waals surface area contributed by atoms with Gasteiger partial charge in [-0.15, -0.1) is 0 Å². The molecule has 0 atom stereocenters. The van der Waals surface area contributed by atoms with Crippen LogP contribution in [0.25, 0.3) is 16.7 Å². The fourth-order valence-corrected chi connectivity index (χ4v) is 5.22. The van der Waals surface area contributed by atoms with E-state index in [4.69, 9.17) is 15.5 Å². The first-order valence-corrected chi connectivity index (χ1v) is 11.2. The fourth-order valence-electron chi connectivity index (χ4n) is 5.22. The van der Waals surface area contributed by atoms with Crippen molar-refractivity contribution in [2.24, 2.45) is 11.7 Å². The molecular formula is C25H32N6O2. The Morgan fingerprint density at radius 2 is 2.00 bits per heavy atom. The first-order chi connectivity index (χ1) is 15.6. The van der Waals surface area contributed by atoms with Gasteiger partial charge in [0.25, 0.3) is 0 Å². The van der Waals surface area contributed by atoms with Crippen molar-refractivity contribution in [2.75, 3.05) is 44.8 Å². The third-order valence-electron chi connectivity index (χ3n) is 6.91. The Bertz CT molecular complexity index is 1220. The molecule has 0 saturated carbocycles. The minimum atomic E-state index is -0.213. The zero-order chi connectivity index (χ0) is 22.2. The summed E-state index contributed by atoms with van der Waals surface area (Å²) in [6.45, 7) is 4.70. The monoisotopic (exact) mass is 448 g/mol. The van der Waals surface area contributed by atoms with E-state index < -0.39 is 0 Å². The smallest absolute Gasteiger partial charge is 0.220 e. The van der Waals surface area contributed by atoms with Gasteiger partial charge < -0.3 is 15.4 Å². The molecule has 4 heterocycles. The Morgan fingerprint density at radius 3 is 2.70 bits per heavy atom. The number of fused-ring (bicyclic) bond motifs is 4. The van der Waals surface area contributed by atoms with Crippen LogP contribution in [0.1, 0.15) is 37.0 Å². The van der Waals surface area contributed by atoms with Gasteiger partial charge in [0.15, 0.2) is 5.65 Å². The van der Waals surface area contributed by atoms with Gasteiger partial charge in [-0.3, -0.25) is 14.1 Å². The Balaban J connectivity index is 0.00000259. The highest BCUT2D eigenvalue weighted by Gasteiger charge is 2.32. The fraction of sp³-hybridized carbons (Fsp3) is 0.480. The number of ether oxygens (including phenoxy) is 1. The number of aromatic nitrogens is 2. The van der Waals surface area contributed by atoms with Crippen LogP contribution in [-0.2, 0) is 22.5 Å². The lowest BCUT2D eigenvalue weighted by atomic mass is 9.93. The van der Waals surface area contributed by atoms with Gasteiger partial charge in [-0.1, -0.05) is 19.6 Å². The maximum absolute atomic E-state index is 11.7. The Hall–Kier alpha value is -3.15. The number of primary amides is 1. The molecule has 0 radical (unpaired) electrons. The topological polar surface area (TPSA) is 99.9 Å². The van der Waals surface area contributed by atoms with Gasteiger partial charge in [0.2, 0.25) is 5.91 Å². The number of hydrogen-bond acceptors (Lipinski definition) is 6. The second-order valence-electron chi connectivity index (χ2n) is 8.71. The number of amides is 1. The van der Waals surface area contributed by atoms with Gasteiger partial charge in [-0.05, 0) is 37.0 Å². The SMILES string of the molecule is C.COCCN1CCc2c(c(N3CCC(C(N)=O)CC3)n3c(nc4ccccc43)c2C#N)C1. The normalized spacial score (nSPS) is 17.0. The number of nitrogens with zero attached hydrogens (tertiary/aromatic N) is 5. The average molecular weight is 449 g/mol. The van der Waals surface area contributed by atoms with Gasteiger partial charge >= 0.3 is 0 Å². The molecule has 0 spiro atoms. The molecule has 33 heavy (non-hydrogen) atoms. The quantitative estimate of drug-likeness (QED) is 0.644. The van der Waals surface area contributed by atoms with E-state index >= 15 is 0 Å². The number of hydrogen-bond donors (Lipinski definition) is 1. The largest absolute Gasteiger partial charge is 0.383 e. The van der Waals surface area contributed by atoms with Crippen molar-refractivity contribution in [3.05, 3.63) is 41.0 Å². The maximum atomic E-state index is 11.7. The lowest BCUT2D eigenvalue weighted by Gasteiger charge is -2.38. The van der Waals surface area contributed by atoms with E-state index in [1.54, 1.807) is 7.11 Å². The van der Waals surface area contributed by atoms with E-state index in [2.05, 4.69) is 26.3 Å². The number of carbonyl (C=O) groups is 1. The highest BCUT2D eigenvalue weighted by molar-refractivity contribution is 5.86. The van der Waals surface area contributed by atoms with Gasteiger partial charge in [-0.25, -0.2) is 4.98 Å². The molecule has 8 nitrogen and oxygen atoms in total. The van der Waals surface area contributed by atoms with Crippen molar-refractivity contribution in [3.8, 4) is 6.07 Å². The summed E-state index contributed by atoms with van der Waals surface area (Å²) in [5.41, 5.74) is 11.2. The molecule has 1 fully saturated rings. The number of methoxy groups -OCH3 is 1. The molecule has 2 N–H and O–H groups in total. The highest BCUT2D eigenvalue weighted by atomic mass is 16.5. The van der Waals surface area contributed by atoms with Crippen LogP contribution in [0.2, 0.25) is 0 Å². The first-order valence-electron chi connectivity index (χ1n) is 11.2. The van der Waals surface area contributed by atoms with E-state index in [0.717, 1.165) is 80.0 Å². The Morgan fingerprint density at radius 1 is 1.24 bits per heavy atom. The number of nitriles is 1. The molecule has 2 aliphatic rings. The number of para-hydroxylation sites is 2. The molecule has 1 saturated heterocycles. The third-order valence-corrected chi connectivity index (χ3v) is 6.91. The van der Waals surface area contributed by atoms with E-state index in [1.807, 2.05) is 18.2 Å². The summed E-state index contributed by atoms with van der Waals surface area (Å²) in [6.07, 6.45) is 2.30. The minimum Gasteiger partial charge on any atom is -0.383 e. The van der Waals surface area contributed by atoms with Crippen LogP contribution >= 0.6 is 0 Å². The number of carbonyl (C=O) groups excluding carboxylic acids is 1. The molecule has 2 aromatic heterocycles. The number of piperidine rings is 1. The average Bonchev–Trinajstić information content (AvgIpc) is 3.20. The van der Waals surface area contributed by atoms with E-state index in [9.17, 15) is 10.1 Å². The van der Waals surface area contributed by atoms with Crippen LogP contribution < -0.4 is 10.6 Å². The number of pyridine rings is 1. The van der Waals surface area contributed by atoms with Crippen LogP contribution in [0.15, 0.2) is 24.3 Å². The highest BCUT2D eigenvalue weighted by Crippen LogP contribution is 2.38. The van der Waals surface area contributed by atoms with Gasteiger partial charge in [-0.2, -0.15) is 5.26 Å². The van der Waals surface area contributed by atoms with Crippen LogP contribution in [0.3, 0.4) is 0 Å². The lowest BCUT2D eigenvalue weighted by molar-refractivity contribution is -0.122. The Labute approximate surface area is 194 Å². The van der Waals surface area contributed by atoms with Crippen molar-refractivity contribution >= 4 is 28.4 Å². The number of imidazole rings is 1. The predicted molar refractivity (Wildman–Crippen MR) is 129 cm³/mol. The van der Waals surface area contributed by atoms with E-state index in [1.165, 1.54) is 5.56 Å². The number of benzene rings is 1. The van der Waals surface area contributed by atoms with Crippen LogP contribution in [0.5, 0.6) is 0 Å². The van der Waals surface area contributed by atoms with Crippen molar-refractivity contribution < 1.29 is 9.53 Å². The van der Waals surface area contributed by atoms with Gasteiger partial charge in [0.05, 0.1) is 23.2 Å². The summed E-state index contributed by atoms with van der Waals surface area (Å²) in [4.78, 5) is 21.4. The van der Waals surface area contributed by atoms with Crippen molar-refractivity contribution in [1.82, 2.24) is 14.3 Å². The van der Waals surface area contributed by atoms with Gasteiger partial charge in [0, 0.05) is 51.3 Å². The van der Waals surface area contributed by atoms with Crippen molar-refractivity contribution in [1.29, 1.82) is 5.26 Å². The standard InChI is InChI=1S/C24H28N6O2.CH4/c1-32-13-12-28-9-8-17-18(14-25)23-27-20-4-2-3-5-21(20)30(23)24(19(17)15-28)29-10-6-16(7-11-29)22(26)31;/h2-5,16H,6-13,15H2,1H3,(H2,26,31);1H4. The second-order valence-corrected chi connectivity index (χ2v) is 8.71. The minimum absolute atomic E-state index is 0. The van der Waals surface area contributed by atoms with Crippen LogP contribution in [0, 0.1) is 17.2 Å². The van der Waals surface area contributed by atoms with E-state index in [-0.39, 0.29) is 19.3 Å². The first kappa shape index (κ1) is 23.0. The van der Waals surface area contributed by atoms with E-state index in [0.29, 0.717) is 12.2 Å². The molecule has 1 amide bonds. The molecule has 0 unspecified atom stereocenters. The molecule has 8 heteroatoms. The number of anilines is 1. The number of rotatable bonds is 5. The lowest BCUT2D eigenvalue weighted by Crippen LogP contribution is -2.41. The zero-order valence-corrected chi connectivity index (χ0v) is 18.4. The molecule has 3 aromatic rings. The van der Waals surface area contributed by atoms with Crippen molar-refractivity contribution in [3.63, 3.8) is 0 Å². The summed E-state index contributed by atoms with van der Waals surface area (Å²) >= 11 is 0. The predicted octanol–water partition coefficient (Wildman–Crippen LogP) is 2.70. The molecule has 5 rings (SSSR count). The van der Waals surface area contributed by atoms with Crippen molar-refractivity contribution in [2.45, 2.75) is 33.2 Å². The third kappa shape index (κ3) is 3.92. The molecule has 174 valence electrons. The summed E-state index contributed by atoms with van der Waals surface area (Å²) in [5, 5.41) is 10.1. The molecule has 1 aromatic carbocycles. The summed E-state index contributed by atoms with van der Waals surface area (Å²) in [7, 11) is 1.72. The number of nitrogens with two attached hydrogens (primary N) is 1. The van der Waals surface area contributed by atoms with Crippen LogP contribution in [-0.4, -0.2) is 60.1 Å². The van der Waals surface area contributed by atoms with Crippen LogP contribution in [0.4, 0.5) is 5.82 Å². The van der Waals surface area contributed by atoms with Gasteiger partial charge in [0.1, 0.15) is 11.9 Å². The maximum Gasteiger partial charge on any atom is 0.220 e. The molecule has 0 bridgehead atoms. The summed E-state index contributed by atoms with van der Waals surface area (Å²) < 4.78 is 7.47. The molecular weight excluding hydrogens is 416 g/mol. The second kappa shape index (κ2) is 9.38. The molecule has 2 aliphatic heterocycles. The zero-order valence-electron chi connectivity index (χ0n) is 18.4. The Kier molecular flexibility index (Phi) is 6.54. The summed E-state index contributed by atoms with van der Waals surface area (Å²) in [5.74, 6) is 0.817. The molecule has 0 aliphatic carbocycles.